The van der Waals surface area contributed by atoms with E-state index in [-0.39, 0.29) is 11.5 Å². The van der Waals surface area contributed by atoms with Gasteiger partial charge in [-0.15, -0.1) is 0 Å². The topological polar surface area (TPSA) is 64.0 Å². The molecule has 0 spiro atoms. The van der Waals surface area contributed by atoms with Gasteiger partial charge in [-0.3, -0.25) is 14.2 Å². The predicted molar refractivity (Wildman–Crippen MR) is 98.5 cm³/mol. The van der Waals surface area contributed by atoms with Gasteiger partial charge in [0.2, 0.25) is 5.91 Å². The maximum atomic E-state index is 12.5. The molecule has 0 aliphatic rings. The molecule has 0 fully saturated rings. The van der Waals surface area contributed by atoms with Gasteiger partial charge in [-0.2, -0.15) is 0 Å². The molecule has 0 saturated carbocycles. The van der Waals surface area contributed by atoms with Crippen molar-refractivity contribution in [3.05, 3.63) is 76.3 Å². The summed E-state index contributed by atoms with van der Waals surface area (Å²) in [7, 11) is 0. The fourth-order valence-electron chi connectivity index (χ4n) is 2.84. The lowest BCUT2D eigenvalue weighted by molar-refractivity contribution is -0.121. The number of carbonyl (C=O) groups is 1. The minimum Gasteiger partial charge on any atom is -0.354 e. The summed E-state index contributed by atoms with van der Waals surface area (Å²) in [5.41, 5.74) is 1.78. The zero-order valence-corrected chi connectivity index (χ0v) is 14.2. The molecule has 3 rings (SSSR count). The lowest BCUT2D eigenvalue weighted by Crippen LogP contribution is -2.32. The van der Waals surface area contributed by atoms with Gasteiger partial charge in [-0.1, -0.05) is 42.5 Å². The van der Waals surface area contributed by atoms with Crippen LogP contribution in [0.5, 0.6) is 0 Å². The Morgan fingerprint density at radius 2 is 1.80 bits per heavy atom. The highest BCUT2D eigenvalue weighted by Crippen LogP contribution is 2.07. The van der Waals surface area contributed by atoms with E-state index in [1.807, 2.05) is 55.5 Å². The third kappa shape index (κ3) is 4.12. The van der Waals surface area contributed by atoms with Crippen LogP contribution in [0.4, 0.5) is 0 Å². The lowest BCUT2D eigenvalue weighted by Gasteiger charge is -2.11. The Balaban J connectivity index is 1.58. The van der Waals surface area contributed by atoms with Crippen LogP contribution in [0.1, 0.15) is 17.8 Å². The standard InChI is InChI=1S/C20H21N3O2/c1-15-22-18-10-6-5-9-17(18)20(25)23(15)14-13-21-19(24)12-11-16-7-3-2-4-8-16/h2-10H,11-14H2,1H3,(H,21,24). The maximum absolute atomic E-state index is 12.5. The Morgan fingerprint density at radius 1 is 1.08 bits per heavy atom. The number of hydrogen-bond donors (Lipinski definition) is 1. The summed E-state index contributed by atoms with van der Waals surface area (Å²) in [5, 5.41) is 3.48. The number of benzene rings is 2. The highest BCUT2D eigenvalue weighted by atomic mass is 16.1. The second-order valence-corrected chi connectivity index (χ2v) is 5.97. The van der Waals surface area contributed by atoms with Gasteiger partial charge in [0.1, 0.15) is 5.82 Å². The van der Waals surface area contributed by atoms with E-state index < -0.39 is 0 Å². The first-order valence-electron chi connectivity index (χ1n) is 8.42. The summed E-state index contributed by atoms with van der Waals surface area (Å²) < 4.78 is 1.61. The largest absolute Gasteiger partial charge is 0.354 e. The normalized spacial score (nSPS) is 10.8. The maximum Gasteiger partial charge on any atom is 0.261 e. The summed E-state index contributed by atoms with van der Waals surface area (Å²) in [5.74, 6) is 0.644. The molecule has 25 heavy (non-hydrogen) atoms. The molecule has 1 heterocycles. The van der Waals surface area contributed by atoms with Crippen molar-refractivity contribution in [1.82, 2.24) is 14.9 Å². The molecule has 0 bridgehead atoms. The fourth-order valence-corrected chi connectivity index (χ4v) is 2.84. The van der Waals surface area contributed by atoms with Crippen LogP contribution in [-0.4, -0.2) is 22.0 Å². The molecule has 2 aromatic carbocycles. The Labute approximate surface area is 146 Å². The number of aryl methyl sites for hydroxylation is 2. The molecule has 5 heteroatoms. The Hall–Kier alpha value is -2.95. The van der Waals surface area contributed by atoms with Gasteiger partial charge >= 0.3 is 0 Å². The van der Waals surface area contributed by atoms with E-state index in [1.165, 1.54) is 0 Å². The number of amides is 1. The number of para-hydroxylation sites is 1. The van der Waals surface area contributed by atoms with Gasteiger partial charge in [-0.25, -0.2) is 4.98 Å². The lowest BCUT2D eigenvalue weighted by atomic mass is 10.1. The molecule has 0 atom stereocenters. The fraction of sp³-hybridized carbons (Fsp3) is 0.250. The molecule has 1 N–H and O–H groups in total. The van der Waals surface area contributed by atoms with Crippen LogP contribution in [0.25, 0.3) is 10.9 Å². The first-order chi connectivity index (χ1) is 12.1. The van der Waals surface area contributed by atoms with Crippen molar-refractivity contribution in [2.24, 2.45) is 0 Å². The van der Waals surface area contributed by atoms with Crippen molar-refractivity contribution in [1.29, 1.82) is 0 Å². The SMILES string of the molecule is Cc1nc2ccccc2c(=O)n1CCNC(=O)CCc1ccccc1. The summed E-state index contributed by atoms with van der Waals surface area (Å²) in [6.45, 7) is 2.64. The third-order valence-electron chi connectivity index (χ3n) is 4.19. The van der Waals surface area contributed by atoms with Crippen LogP contribution in [0.15, 0.2) is 59.4 Å². The Bertz CT molecular complexity index is 933. The number of rotatable bonds is 6. The Kier molecular flexibility index (Phi) is 5.23. The highest BCUT2D eigenvalue weighted by molar-refractivity contribution is 5.77. The molecule has 3 aromatic rings. The number of nitrogens with zero attached hydrogens (tertiary/aromatic N) is 2. The van der Waals surface area contributed by atoms with Gasteiger partial charge in [0, 0.05) is 19.5 Å². The molecule has 5 nitrogen and oxygen atoms in total. The summed E-state index contributed by atoms with van der Waals surface area (Å²) in [4.78, 5) is 29.0. The molecular weight excluding hydrogens is 314 g/mol. The van der Waals surface area contributed by atoms with E-state index in [9.17, 15) is 9.59 Å². The van der Waals surface area contributed by atoms with Crippen LogP contribution in [0.3, 0.4) is 0 Å². The first-order valence-corrected chi connectivity index (χ1v) is 8.42. The quantitative estimate of drug-likeness (QED) is 0.752. The number of carbonyl (C=O) groups excluding carboxylic acids is 1. The molecule has 0 unspecified atom stereocenters. The molecular formula is C20H21N3O2. The monoisotopic (exact) mass is 335 g/mol. The van der Waals surface area contributed by atoms with Gasteiger partial charge in [-0.05, 0) is 31.0 Å². The van der Waals surface area contributed by atoms with Crippen molar-refractivity contribution >= 4 is 16.8 Å². The van der Waals surface area contributed by atoms with Crippen molar-refractivity contribution in [3.63, 3.8) is 0 Å². The van der Waals surface area contributed by atoms with Gasteiger partial charge in [0.15, 0.2) is 0 Å². The second kappa shape index (κ2) is 7.75. The van der Waals surface area contributed by atoms with Crippen LogP contribution >= 0.6 is 0 Å². The number of fused-ring (bicyclic) bond motifs is 1. The van der Waals surface area contributed by atoms with E-state index in [1.54, 1.807) is 10.6 Å². The third-order valence-corrected chi connectivity index (χ3v) is 4.19. The van der Waals surface area contributed by atoms with Crippen molar-refractivity contribution in [2.75, 3.05) is 6.54 Å². The van der Waals surface area contributed by atoms with Crippen molar-refractivity contribution < 1.29 is 4.79 Å². The van der Waals surface area contributed by atoms with E-state index >= 15 is 0 Å². The molecule has 1 aromatic heterocycles. The molecule has 0 saturated heterocycles. The second-order valence-electron chi connectivity index (χ2n) is 5.97. The van der Waals surface area contributed by atoms with Gasteiger partial charge in [0.25, 0.3) is 5.56 Å². The molecule has 0 aliphatic heterocycles. The Morgan fingerprint density at radius 3 is 2.60 bits per heavy atom. The van der Waals surface area contributed by atoms with Crippen LogP contribution in [0.2, 0.25) is 0 Å². The van der Waals surface area contributed by atoms with Gasteiger partial charge < -0.3 is 5.32 Å². The van der Waals surface area contributed by atoms with Crippen LogP contribution in [0, 0.1) is 6.92 Å². The van der Waals surface area contributed by atoms with E-state index in [4.69, 9.17) is 0 Å². The van der Waals surface area contributed by atoms with E-state index in [0.717, 1.165) is 5.56 Å². The first kappa shape index (κ1) is 16.9. The van der Waals surface area contributed by atoms with Gasteiger partial charge in [0.05, 0.1) is 10.9 Å². The number of hydrogen-bond acceptors (Lipinski definition) is 3. The average molecular weight is 335 g/mol. The summed E-state index contributed by atoms with van der Waals surface area (Å²) >= 11 is 0. The molecule has 1 amide bonds. The highest BCUT2D eigenvalue weighted by Gasteiger charge is 2.08. The number of nitrogens with one attached hydrogen (secondary N) is 1. The predicted octanol–water partition coefficient (Wildman–Crippen LogP) is 2.45. The van der Waals surface area contributed by atoms with Crippen molar-refractivity contribution in [3.8, 4) is 0 Å². The zero-order chi connectivity index (χ0) is 17.6. The van der Waals surface area contributed by atoms with E-state index in [0.29, 0.717) is 42.7 Å². The minimum atomic E-state index is -0.0679. The molecule has 0 aliphatic carbocycles. The molecule has 128 valence electrons. The molecule has 0 radical (unpaired) electrons. The summed E-state index contributed by atoms with van der Waals surface area (Å²) in [6.07, 6.45) is 1.15. The zero-order valence-electron chi connectivity index (χ0n) is 14.2. The minimum absolute atomic E-state index is 0.0108. The average Bonchev–Trinajstić information content (AvgIpc) is 2.63. The van der Waals surface area contributed by atoms with Crippen molar-refractivity contribution in [2.45, 2.75) is 26.3 Å². The van der Waals surface area contributed by atoms with Crippen LogP contribution < -0.4 is 10.9 Å². The number of aromatic nitrogens is 2. The van der Waals surface area contributed by atoms with E-state index in [2.05, 4.69) is 10.3 Å². The smallest absolute Gasteiger partial charge is 0.261 e. The summed E-state index contributed by atoms with van der Waals surface area (Å²) in [6, 6.07) is 17.2. The van der Waals surface area contributed by atoms with Crippen LogP contribution in [-0.2, 0) is 17.8 Å².